The van der Waals surface area contributed by atoms with Crippen molar-refractivity contribution in [2.45, 2.75) is 33.1 Å². The quantitative estimate of drug-likeness (QED) is 0.138. The van der Waals surface area contributed by atoms with E-state index in [1.807, 2.05) is 32.0 Å². The molecule has 0 saturated carbocycles. The molecule has 0 unspecified atom stereocenters. The summed E-state index contributed by atoms with van der Waals surface area (Å²) in [4.78, 5) is 41.6. The van der Waals surface area contributed by atoms with Crippen LogP contribution in [0.4, 0.5) is 21.7 Å². The first kappa shape index (κ1) is 38.3. The molecule has 2 aliphatic rings. The summed E-state index contributed by atoms with van der Waals surface area (Å²) in [6, 6.07) is 15.1. The molecular formula is C40H48FN7O6. The van der Waals surface area contributed by atoms with E-state index in [2.05, 4.69) is 37.4 Å². The fourth-order valence-electron chi connectivity index (χ4n) is 6.35. The number of piperazine rings is 1. The maximum absolute atomic E-state index is 15.1. The zero-order valence-corrected chi connectivity index (χ0v) is 31.3. The van der Waals surface area contributed by atoms with Crippen LogP contribution in [0.1, 0.15) is 40.7 Å². The lowest BCUT2D eigenvalue weighted by Gasteiger charge is -2.32. The molecule has 54 heavy (non-hydrogen) atoms. The number of carbonyl (C=O) groups excluding carboxylic acids is 2. The van der Waals surface area contributed by atoms with E-state index in [0.717, 1.165) is 76.2 Å². The highest BCUT2D eigenvalue weighted by molar-refractivity contribution is 6.06. The van der Waals surface area contributed by atoms with Crippen molar-refractivity contribution in [2.24, 2.45) is 0 Å². The number of aromatic nitrogens is 2. The molecule has 3 aromatic carbocycles. The highest BCUT2D eigenvalue weighted by Gasteiger charge is 2.22. The number of amides is 2. The second kappa shape index (κ2) is 18.0. The van der Waals surface area contributed by atoms with Gasteiger partial charge in [0.1, 0.15) is 11.3 Å². The Labute approximate surface area is 315 Å². The fraction of sp³-hybridized carbons (Fsp3) is 0.400. The number of hydrogen-bond donors (Lipinski definition) is 2. The van der Waals surface area contributed by atoms with Crippen molar-refractivity contribution in [2.75, 3.05) is 83.8 Å². The third-order valence-corrected chi connectivity index (χ3v) is 9.54. The molecule has 2 N–H and O–H groups in total. The highest BCUT2D eigenvalue weighted by Crippen LogP contribution is 2.36. The summed E-state index contributed by atoms with van der Waals surface area (Å²) in [7, 11) is 3.59. The molecule has 2 amide bonds. The van der Waals surface area contributed by atoms with Gasteiger partial charge in [0, 0.05) is 75.5 Å². The minimum absolute atomic E-state index is 0.0493. The molecule has 2 saturated heterocycles. The standard InChI is InChI=1S/C40H48FN7O6/c1-27-9-7-10-28(2)37(27)44-38(50)31-25-42-40(43-29-11-13-33(32(41)23-29)52-22-8-15-47-20-18-46(3)19-21-47)45-39(31)54-34-14-12-30(24-35(34)51-4)53-26-36(49)48-16-5-6-17-48/h7,9-14,23-25H,5-6,8,15-22,26H2,1-4H3,(H,44,50)(H,42,43,45). The molecule has 3 heterocycles. The lowest BCUT2D eigenvalue weighted by Crippen LogP contribution is -2.44. The van der Waals surface area contributed by atoms with Crippen LogP contribution in [0.15, 0.2) is 60.8 Å². The Morgan fingerprint density at radius 1 is 0.889 bits per heavy atom. The monoisotopic (exact) mass is 741 g/mol. The number of likely N-dealkylation sites (N-methyl/N-ethyl adjacent to an activating group) is 1. The molecule has 13 nitrogen and oxygen atoms in total. The van der Waals surface area contributed by atoms with Gasteiger partial charge in [0.25, 0.3) is 11.8 Å². The first-order valence-electron chi connectivity index (χ1n) is 18.3. The first-order chi connectivity index (χ1) is 26.2. The number of nitrogens with one attached hydrogen (secondary N) is 2. The largest absolute Gasteiger partial charge is 0.493 e. The normalized spacial score (nSPS) is 14.8. The van der Waals surface area contributed by atoms with E-state index in [4.69, 9.17) is 18.9 Å². The van der Waals surface area contributed by atoms with Crippen molar-refractivity contribution in [3.63, 3.8) is 0 Å². The molecule has 14 heteroatoms. The molecule has 2 aliphatic heterocycles. The van der Waals surface area contributed by atoms with Crippen molar-refractivity contribution in [1.82, 2.24) is 24.7 Å². The van der Waals surface area contributed by atoms with Gasteiger partial charge < -0.3 is 44.3 Å². The minimum atomic E-state index is -0.533. The van der Waals surface area contributed by atoms with E-state index in [1.54, 1.807) is 35.2 Å². The van der Waals surface area contributed by atoms with Gasteiger partial charge in [0.2, 0.25) is 11.8 Å². The van der Waals surface area contributed by atoms with Gasteiger partial charge in [-0.25, -0.2) is 9.37 Å². The van der Waals surface area contributed by atoms with E-state index in [9.17, 15) is 9.59 Å². The first-order valence-corrected chi connectivity index (χ1v) is 18.3. The van der Waals surface area contributed by atoms with Gasteiger partial charge in [0.15, 0.2) is 29.7 Å². The lowest BCUT2D eigenvalue weighted by atomic mass is 10.1. The molecule has 0 radical (unpaired) electrons. The number of anilines is 3. The number of methoxy groups -OCH3 is 1. The van der Waals surface area contributed by atoms with Gasteiger partial charge in [0.05, 0.1) is 13.7 Å². The number of rotatable bonds is 15. The van der Waals surface area contributed by atoms with Gasteiger partial charge in [-0.1, -0.05) is 18.2 Å². The molecule has 2 fully saturated rings. The Morgan fingerprint density at radius 3 is 2.35 bits per heavy atom. The average molecular weight is 742 g/mol. The molecule has 0 aliphatic carbocycles. The molecule has 286 valence electrons. The number of nitrogens with zero attached hydrogens (tertiary/aromatic N) is 5. The van der Waals surface area contributed by atoms with Crippen molar-refractivity contribution in [1.29, 1.82) is 0 Å². The van der Waals surface area contributed by atoms with Crippen molar-refractivity contribution in [3.05, 3.63) is 83.3 Å². The number of benzene rings is 3. The molecule has 0 spiro atoms. The maximum atomic E-state index is 15.1. The van der Waals surface area contributed by atoms with Gasteiger partial charge in [-0.3, -0.25) is 9.59 Å². The van der Waals surface area contributed by atoms with E-state index < -0.39 is 11.7 Å². The lowest BCUT2D eigenvalue weighted by molar-refractivity contribution is -0.132. The van der Waals surface area contributed by atoms with Gasteiger partial charge in [-0.2, -0.15) is 4.98 Å². The van der Waals surface area contributed by atoms with Crippen LogP contribution in [0.2, 0.25) is 0 Å². The van der Waals surface area contributed by atoms with Crippen LogP contribution in [0.5, 0.6) is 28.9 Å². The van der Waals surface area contributed by atoms with Gasteiger partial charge in [-0.15, -0.1) is 0 Å². The number of likely N-dealkylation sites (tertiary alicyclic amines) is 1. The van der Waals surface area contributed by atoms with Crippen molar-refractivity contribution < 1.29 is 32.9 Å². The van der Waals surface area contributed by atoms with Crippen LogP contribution in [0.25, 0.3) is 0 Å². The summed E-state index contributed by atoms with van der Waals surface area (Å²) in [5.74, 6) is -0.0226. The molecule has 1 aromatic heterocycles. The number of halogens is 1. The van der Waals surface area contributed by atoms with E-state index in [1.165, 1.54) is 19.4 Å². The molecule has 6 rings (SSSR count). The predicted molar refractivity (Wildman–Crippen MR) is 204 cm³/mol. The van der Waals surface area contributed by atoms with Crippen molar-refractivity contribution >= 4 is 29.1 Å². The summed E-state index contributed by atoms with van der Waals surface area (Å²) in [5, 5.41) is 5.97. The highest BCUT2D eigenvalue weighted by atomic mass is 19.1. The van der Waals surface area contributed by atoms with E-state index in [-0.39, 0.29) is 47.2 Å². The Hall–Kier alpha value is -5.47. The van der Waals surface area contributed by atoms with Gasteiger partial charge in [-0.05, 0) is 75.5 Å². The third-order valence-electron chi connectivity index (χ3n) is 9.54. The number of para-hydroxylation sites is 1. The summed E-state index contributed by atoms with van der Waals surface area (Å²) < 4.78 is 38.5. The molecule has 0 bridgehead atoms. The minimum Gasteiger partial charge on any atom is -0.493 e. The van der Waals surface area contributed by atoms with Crippen LogP contribution < -0.4 is 29.6 Å². The Kier molecular flexibility index (Phi) is 12.8. The summed E-state index contributed by atoms with van der Waals surface area (Å²) in [6.45, 7) is 10.6. The van der Waals surface area contributed by atoms with Crippen LogP contribution in [-0.2, 0) is 4.79 Å². The third kappa shape index (κ3) is 9.94. The molecular weight excluding hydrogens is 693 g/mol. The van der Waals surface area contributed by atoms with Crippen LogP contribution in [0.3, 0.4) is 0 Å². The van der Waals surface area contributed by atoms with E-state index >= 15 is 4.39 Å². The summed E-state index contributed by atoms with van der Waals surface area (Å²) >= 11 is 0. The summed E-state index contributed by atoms with van der Waals surface area (Å²) in [6.07, 6.45) is 4.12. The molecule has 0 atom stereocenters. The Balaban J connectivity index is 1.17. The Bertz CT molecular complexity index is 1910. The smallest absolute Gasteiger partial charge is 0.262 e. The number of ether oxygens (including phenoxy) is 4. The Morgan fingerprint density at radius 2 is 1.63 bits per heavy atom. The number of carbonyl (C=O) groups is 2. The zero-order chi connectivity index (χ0) is 38.0. The van der Waals surface area contributed by atoms with Crippen molar-refractivity contribution in [3.8, 4) is 28.9 Å². The average Bonchev–Trinajstić information content (AvgIpc) is 3.71. The fourth-order valence-corrected chi connectivity index (χ4v) is 6.35. The van der Waals surface area contributed by atoms with Crippen LogP contribution in [-0.4, -0.2) is 110 Å². The maximum Gasteiger partial charge on any atom is 0.262 e. The summed E-state index contributed by atoms with van der Waals surface area (Å²) in [5.41, 5.74) is 2.85. The van der Waals surface area contributed by atoms with E-state index in [0.29, 0.717) is 23.7 Å². The van der Waals surface area contributed by atoms with Crippen LogP contribution >= 0.6 is 0 Å². The predicted octanol–water partition coefficient (Wildman–Crippen LogP) is 6.05. The second-order valence-corrected chi connectivity index (χ2v) is 13.5. The number of aryl methyl sites for hydroxylation is 2. The zero-order valence-electron chi connectivity index (χ0n) is 31.3. The SMILES string of the molecule is COc1cc(OCC(=O)N2CCCC2)ccc1Oc1nc(Nc2ccc(OCCCN3CCN(C)CC3)c(F)c2)ncc1C(=O)Nc1c(C)cccc1C. The van der Waals surface area contributed by atoms with Gasteiger partial charge >= 0.3 is 0 Å². The second-order valence-electron chi connectivity index (χ2n) is 13.5. The van der Waals surface area contributed by atoms with Crippen LogP contribution in [0, 0.1) is 19.7 Å². The number of hydrogen-bond acceptors (Lipinski definition) is 11. The topological polar surface area (TPSA) is 131 Å². The molecule has 4 aromatic rings.